The zero-order chi connectivity index (χ0) is 12.8. The molecule has 0 unspecified atom stereocenters. The maximum atomic E-state index is 5.68. The Labute approximate surface area is 108 Å². The zero-order valence-electron chi connectivity index (χ0n) is 10.6. The Morgan fingerprint density at radius 3 is 2.82 bits per heavy atom. The Bertz CT molecular complexity index is 391. The van der Waals surface area contributed by atoms with Crippen LogP contribution in [0.4, 0.5) is 0 Å². The topological polar surface area (TPSA) is 34.1 Å². The Morgan fingerprint density at radius 2 is 2.24 bits per heavy atom. The normalized spacial score (nSPS) is 10.6. The third-order valence-electron chi connectivity index (χ3n) is 2.13. The van der Waals surface area contributed by atoms with E-state index in [2.05, 4.69) is 30.7 Å². The first-order valence-electron chi connectivity index (χ1n) is 5.65. The second-order valence-corrected chi connectivity index (χ2v) is 4.77. The third-order valence-corrected chi connectivity index (χ3v) is 2.24. The first-order chi connectivity index (χ1) is 7.99. The highest BCUT2D eigenvalue weighted by Crippen LogP contribution is 2.18. The average molecular weight is 255 g/mol. The maximum absolute atomic E-state index is 5.68. The number of aromatic nitrogens is 1. The Balaban J connectivity index is 2.76. The summed E-state index contributed by atoms with van der Waals surface area (Å²) in [6.45, 7) is 10.7. The van der Waals surface area contributed by atoms with Crippen molar-refractivity contribution >= 4 is 11.6 Å². The van der Waals surface area contributed by atoms with E-state index in [1.807, 2.05) is 19.1 Å². The maximum Gasteiger partial charge on any atom is 0.142 e. The van der Waals surface area contributed by atoms with E-state index >= 15 is 0 Å². The van der Waals surface area contributed by atoms with Gasteiger partial charge in [-0.05, 0) is 19.1 Å². The molecule has 0 amide bonds. The number of rotatable bonds is 6. The van der Waals surface area contributed by atoms with Gasteiger partial charge in [-0.3, -0.25) is 4.98 Å². The fraction of sp³-hybridized carbons (Fsp3) is 0.462. The molecule has 17 heavy (non-hydrogen) atoms. The van der Waals surface area contributed by atoms with Gasteiger partial charge in [0, 0.05) is 23.3 Å². The van der Waals surface area contributed by atoms with Crippen LogP contribution in [0.3, 0.4) is 0 Å². The molecular formula is C13H19ClN2O. The first-order valence-corrected chi connectivity index (χ1v) is 6.03. The fourth-order valence-corrected chi connectivity index (χ4v) is 1.37. The summed E-state index contributed by atoms with van der Waals surface area (Å²) in [6.07, 6.45) is 0. The Kier molecular flexibility index (Phi) is 5.45. The predicted molar refractivity (Wildman–Crippen MR) is 71.4 cm³/mol. The molecule has 1 rings (SSSR count). The highest BCUT2D eigenvalue weighted by Gasteiger charge is 2.07. The van der Waals surface area contributed by atoms with Gasteiger partial charge in [-0.15, -0.1) is 0 Å². The zero-order valence-corrected chi connectivity index (χ0v) is 11.3. The second kappa shape index (κ2) is 6.62. The number of nitrogens with zero attached hydrogens (tertiary/aromatic N) is 1. The van der Waals surface area contributed by atoms with Gasteiger partial charge in [0.25, 0.3) is 0 Å². The van der Waals surface area contributed by atoms with Crippen LogP contribution in [-0.2, 0) is 6.54 Å². The summed E-state index contributed by atoms with van der Waals surface area (Å²) in [5.74, 6) is 0.755. The summed E-state index contributed by atoms with van der Waals surface area (Å²) < 4.78 is 5.55. The molecule has 1 aromatic rings. The van der Waals surface area contributed by atoms with E-state index in [0.29, 0.717) is 24.2 Å². The Morgan fingerprint density at radius 1 is 1.53 bits per heavy atom. The molecule has 3 nitrogen and oxygen atoms in total. The molecule has 0 atom stereocenters. The lowest BCUT2D eigenvalue weighted by molar-refractivity contribution is 0.351. The van der Waals surface area contributed by atoms with Crippen molar-refractivity contribution in [2.24, 2.45) is 0 Å². The summed E-state index contributed by atoms with van der Waals surface area (Å²) in [5.41, 5.74) is 1.87. The van der Waals surface area contributed by atoms with Crippen molar-refractivity contribution in [2.75, 3.05) is 6.61 Å². The SMILES string of the molecule is C=C(Cl)COc1ccc(C)nc1CNC(C)C. The average Bonchev–Trinajstić information content (AvgIpc) is 2.24. The van der Waals surface area contributed by atoms with E-state index < -0.39 is 0 Å². The van der Waals surface area contributed by atoms with Gasteiger partial charge < -0.3 is 10.1 Å². The summed E-state index contributed by atoms with van der Waals surface area (Å²) >= 11 is 5.68. The van der Waals surface area contributed by atoms with Crippen molar-refractivity contribution in [3.8, 4) is 5.75 Å². The lowest BCUT2D eigenvalue weighted by Gasteiger charge is -2.13. The van der Waals surface area contributed by atoms with Crippen molar-refractivity contribution in [3.05, 3.63) is 35.1 Å². The molecular weight excluding hydrogens is 236 g/mol. The predicted octanol–water partition coefficient (Wildman–Crippen LogP) is 3.02. The van der Waals surface area contributed by atoms with E-state index in [-0.39, 0.29) is 0 Å². The molecule has 0 saturated carbocycles. The second-order valence-electron chi connectivity index (χ2n) is 4.24. The molecule has 94 valence electrons. The molecule has 1 N–H and O–H groups in total. The van der Waals surface area contributed by atoms with Gasteiger partial charge in [-0.1, -0.05) is 32.0 Å². The minimum absolute atomic E-state index is 0.307. The summed E-state index contributed by atoms with van der Waals surface area (Å²) in [6, 6.07) is 4.25. The molecule has 0 spiro atoms. The molecule has 0 fully saturated rings. The quantitative estimate of drug-likeness (QED) is 0.847. The number of ether oxygens (including phenoxy) is 1. The lowest BCUT2D eigenvalue weighted by Crippen LogP contribution is -2.23. The van der Waals surface area contributed by atoms with Crippen LogP contribution >= 0.6 is 11.6 Å². The molecule has 0 aliphatic carbocycles. The minimum atomic E-state index is 0.307. The van der Waals surface area contributed by atoms with Gasteiger partial charge in [0.15, 0.2) is 0 Å². The third kappa shape index (κ3) is 5.20. The van der Waals surface area contributed by atoms with Crippen molar-refractivity contribution in [3.63, 3.8) is 0 Å². The van der Waals surface area contributed by atoms with Crippen molar-refractivity contribution < 1.29 is 4.74 Å². The smallest absolute Gasteiger partial charge is 0.142 e. The van der Waals surface area contributed by atoms with Crippen LogP contribution in [-0.4, -0.2) is 17.6 Å². The summed E-state index contributed by atoms with van der Waals surface area (Å²) in [5, 5.41) is 3.80. The minimum Gasteiger partial charge on any atom is -0.486 e. The highest BCUT2D eigenvalue weighted by atomic mass is 35.5. The van der Waals surface area contributed by atoms with Crippen molar-refractivity contribution in [2.45, 2.75) is 33.4 Å². The molecule has 0 aliphatic rings. The van der Waals surface area contributed by atoms with Gasteiger partial charge in [-0.2, -0.15) is 0 Å². The van der Waals surface area contributed by atoms with Crippen LogP contribution in [0.2, 0.25) is 0 Å². The van der Waals surface area contributed by atoms with Gasteiger partial charge in [0.2, 0.25) is 0 Å². The van der Waals surface area contributed by atoms with Gasteiger partial charge in [-0.25, -0.2) is 0 Å². The Hall–Kier alpha value is -1.06. The van der Waals surface area contributed by atoms with E-state index in [4.69, 9.17) is 16.3 Å². The van der Waals surface area contributed by atoms with E-state index in [1.54, 1.807) is 0 Å². The van der Waals surface area contributed by atoms with Crippen LogP contribution in [0.15, 0.2) is 23.7 Å². The number of aryl methyl sites for hydroxylation is 1. The number of pyridine rings is 1. The van der Waals surface area contributed by atoms with Crippen LogP contribution < -0.4 is 10.1 Å². The van der Waals surface area contributed by atoms with Crippen LogP contribution in [0.1, 0.15) is 25.2 Å². The van der Waals surface area contributed by atoms with Crippen LogP contribution in [0.25, 0.3) is 0 Å². The van der Waals surface area contributed by atoms with Crippen LogP contribution in [0.5, 0.6) is 5.75 Å². The summed E-state index contributed by atoms with van der Waals surface area (Å²) in [7, 11) is 0. The monoisotopic (exact) mass is 254 g/mol. The largest absolute Gasteiger partial charge is 0.486 e. The lowest BCUT2D eigenvalue weighted by atomic mass is 10.2. The number of hydrogen-bond donors (Lipinski definition) is 1. The molecule has 4 heteroatoms. The van der Waals surface area contributed by atoms with Gasteiger partial charge in [0.05, 0.1) is 5.69 Å². The van der Waals surface area contributed by atoms with E-state index in [9.17, 15) is 0 Å². The standard InChI is InChI=1S/C13H19ClN2O/c1-9(2)15-7-12-13(17-8-10(3)14)6-5-11(4)16-12/h5-6,9,15H,3,7-8H2,1-2,4H3. The molecule has 1 aromatic heterocycles. The van der Waals surface area contributed by atoms with Crippen LogP contribution in [0, 0.1) is 6.92 Å². The van der Waals surface area contributed by atoms with Crippen molar-refractivity contribution in [1.82, 2.24) is 10.3 Å². The fourth-order valence-electron chi connectivity index (χ4n) is 1.31. The molecule has 0 aliphatic heterocycles. The van der Waals surface area contributed by atoms with E-state index in [1.165, 1.54) is 0 Å². The molecule has 1 heterocycles. The number of hydrogen-bond acceptors (Lipinski definition) is 3. The van der Waals surface area contributed by atoms with Crippen molar-refractivity contribution in [1.29, 1.82) is 0 Å². The molecule has 0 saturated heterocycles. The number of halogens is 1. The van der Waals surface area contributed by atoms with Gasteiger partial charge >= 0.3 is 0 Å². The van der Waals surface area contributed by atoms with E-state index in [0.717, 1.165) is 17.1 Å². The number of nitrogens with one attached hydrogen (secondary N) is 1. The highest BCUT2D eigenvalue weighted by molar-refractivity contribution is 6.29. The first kappa shape index (κ1) is 14.0. The summed E-state index contributed by atoms with van der Waals surface area (Å²) in [4.78, 5) is 4.46. The van der Waals surface area contributed by atoms with Gasteiger partial charge in [0.1, 0.15) is 12.4 Å². The molecule has 0 radical (unpaired) electrons. The molecule has 0 aromatic carbocycles. The molecule has 0 bridgehead atoms.